The SMILES string of the molecule is O=C(Cc1ccc(-c2ncccn2)cc1)c1cccc(C2CC2NCC2CC2)c1. The fourth-order valence-electron chi connectivity index (χ4n) is 3.88. The second-order valence-electron chi connectivity index (χ2n) is 8.30. The fourth-order valence-corrected chi connectivity index (χ4v) is 3.88. The molecule has 146 valence electrons. The molecule has 2 fully saturated rings. The first-order valence-electron chi connectivity index (χ1n) is 10.5. The van der Waals surface area contributed by atoms with Gasteiger partial charge < -0.3 is 5.32 Å². The van der Waals surface area contributed by atoms with Crippen LogP contribution in [-0.4, -0.2) is 28.3 Å². The van der Waals surface area contributed by atoms with E-state index in [0.717, 1.165) is 29.2 Å². The lowest BCUT2D eigenvalue weighted by atomic mass is 9.99. The fraction of sp³-hybridized carbons (Fsp3) is 0.320. The predicted octanol–water partition coefficient (Wildman–Crippen LogP) is 4.42. The van der Waals surface area contributed by atoms with Gasteiger partial charge in [-0.25, -0.2) is 9.97 Å². The van der Waals surface area contributed by atoms with Crippen molar-refractivity contribution in [1.29, 1.82) is 0 Å². The quantitative estimate of drug-likeness (QED) is 0.585. The van der Waals surface area contributed by atoms with E-state index in [1.807, 2.05) is 36.4 Å². The third-order valence-corrected chi connectivity index (χ3v) is 5.94. The van der Waals surface area contributed by atoms with Crippen LogP contribution in [0.2, 0.25) is 0 Å². The summed E-state index contributed by atoms with van der Waals surface area (Å²) in [4.78, 5) is 21.4. The molecule has 29 heavy (non-hydrogen) atoms. The summed E-state index contributed by atoms with van der Waals surface area (Å²) < 4.78 is 0. The highest BCUT2D eigenvalue weighted by molar-refractivity contribution is 5.97. The molecule has 2 aliphatic carbocycles. The molecule has 3 aromatic rings. The van der Waals surface area contributed by atoms with Crippen molar-refractivity contribution in [2.45, 2.75) is 37.6 Å². The van der Waals surface area contributed by atoms with Gasteiger partial charge in [-0.15, -0.1) is 0 Å². The Morgan fingerprint density at radius 3 is 2.55 bits per heavy atom. The summed E-state index contributed by atoms with van der Waals surface area (Å²) >= 11 is 0. The molecule has 4 nitrogen and oxygen atoms in total. The number of hydrogen-bond donors (Lipinski definition) is 1. The lowest BCUT2D eigenvalue weighted by Gasteiger charge is -2.07. The number of rotatable bonds is 8. The van der Waals surface area contributed by atoms with Gasteiger partial charge in [-0.2, -0.15) is 0 Å². The third-order valence-electron chi connectivity index (χ3n) is 5.94. The molecule has 0 spiro atoms. The molecule has 2 saturated carbocycles. The van der Waals surface area contributed by atoms with Crippen molar-refractivity contribution in [3.8, 4) is 11.4 Å². The van der Waals surface area contributed by atoms with Gasteiger partial charge in [0.15, 0.2) is 11.6 Å². The minimum absolute atomic E-state index is 0.165. The molecule has 0 aliphatic heterocycles. The van der Waals surface area contributed by atoms with Crippen LogP contribution < -0.4 is 5.32 Å². The van der Waals surface area contributed by atoms with E-state index in [0.29, 0.717) is 24.2 Å². The van der Waals surface area contributed by atoms with Gasteiger partial charge >= 0.3 is 0 Å². The summed E-state index contributed by atoms with van der Waals surface area (Å²) in [6.45, 7) is 1.16. The van der Waals surface area contributed by atoms with Crippen molar-refractivity contribution in [2.24, 2.45) is 5.92 Å². The zero-order valence-corrected chi connectivity index (χ0v) is 16.4. The molecule has 1 N–H and O–H groups in total. The number of carbonyl (C=O) groups is 1. The standard InChI is InChI=1S/C25H25N3O/c29-24(13-17-7-9-19(10-8-17)25-26-11-2-12-27-25)21-4-1-3-20(14-21)22-15-23(22)28-16-18-5-6-18/h1-4,7-12,14,18,22-23,28H,5-6,13,15-16H2. The molecule has 0 amide bonds. The Morgan fingerprint density at radius 2 is 1.79 bits per heavy atom. The summed E-state index contributed by atoms with van der Waals surface area (Å²) in [5.74, 6) is 2.33. The highest BCUT2D eigenvalue weighted by Gasteiger charge is 2.39. The summed E-state index contributed by atoms with van der Waals surface area (Å²) in [7, 11) is 0. The number of nitrogens with one attached hydrogen (secondary N) is 1. The molecule has 4 heteroatoms. The van der Waals surface area contributed by atoms with Gasteiger partial charge in [0.05, 0.1) is 0 Å². The molecule has 5 rings (SSSR count). The maximum Gasteiger partial charge on any atom is 0.167 e. The van der Waals surface area contributed by atoms with E-state index in [2.05, 4.69) is 27.4 Å². The highest BCUT2D eigenvalue weighted by atomic mass is 16.1. The Bertz CT molecular complexity index is 996. The van der Waals surface area contributed by atoms with Gasteiger partial charge in [-0.1, -0.05) is 42.5 Å². The lowest BCUT2D eigenvalue weighted by molar-refractivity contribution is 0.0993. The van der Waals surface area contributed by atoms with Crippen molar-refractivity contribution in [2.75, 3.05) is 6.54 Å². The molecular formula is C25H25N3O. The number of nitrogens with zero attached hydrogens (tertiary/aromatic N) is 2. The van der Waals surface area contributed by atoms with E-state index in [4.69, 9.17) is 0 Å². The molecule has 1 heterocycles. The van der Waals surface area contributed by atoms with Gasteiger partial charge in [0.1, 0.15) is 0 Å². The van der Waals surface area contributed by atoms with Gasteiger partial charge in [0.25, 0.3) is 0 Å². The van der Waals surface area contributed by atoms with E-state index >= 15 is 0 Å². The molecule has 0 saturated heterocycles. The zero-order valence-electron chi connectivity index (χ0n) is 16.4. The van der Waals surface area contributed by atoms with Crippen LogP contribution in [0.4, 0.5) is 0 Å². The summed E-state index contributed by atoms with van der Waals surface area (Å²) in [5.41, 5.74) is 4.07. The predicted molar refractivity (Wildman–Crippen MR) is 114 cm³/mol. The van der Waals surface area contributed by atoms with Crippen molar-refractivity contribution in [3.63, 3.8) is 0 Å². The molecule has 0 bridgehead atoms. The van der Waals surface area contributed by atoms with Crippen LogP contribution >= 0.6 is 0 Å². The van der Waals surface area contributed by atoms with E-state index in [1.165, 1.54) is 24.8 Å². The average Bonchev–Trinajstić information content (AvgIpc) is 3.69. The number of Topliss-reactive ketones (excluding diaryl/α,β-unsaturated/α-hetero) is 1. The van der Waals surface area contributed by atoms with Gasteiger partial charge in [-0.05, 0) is 55.0 Å². The Morgan fingerprint density at radius 1 is 1.00 bits per heavy atom. The number of aromatic nitrogens is 2. The monoisotopic (exact) mass is 383 g/mol. The minimum Gasteiger partial charge on any atom is -0.313 e. The zero-order chi connectivity index (χ0) is 19.6. The summed E-state index contributed by atoms with van der Waals surface area (Å²) in [6, 6.07) is 18.6. The van der Waals surface area contributed by atoms with Crippen LogP contribution in [-0.2, 0) is 6.42 Å². The molecule has 1 aromatic heterocycles. The lowest BCUT2D eigenvalue weighted by Crippen LogP contribution is -2.20. The minimum atomic E-state index is 0.165. The van der Waals surface area contributed by atoms with Crippen molar-refractivity contribution in [3.05, 3.63) is 83.7 Å². The van der Waals surface area contributed by atoms with Crippen molar-refractivity contribution >= 4 is 5.78 Å². The largest absolute Gasteiger partial charge is 0.313 e. The molecule has 2 aliphatic rings. The smallest absolute Gasteiger partial charge is 0.167 e. The van der Waals surface area contributed by atoms with E-state index < -0.39 is 0 Å². The molecular weight excluding hydrogens is 358 g/mol. The first-order chi connectivity index (χ1) is 14.3. The topological polar surface area (TPSA) is 54.9 Å². The Balaban J connectivity index is 1.22. The Labute approximate surface area is 171 Å². The number of ketones is 1. The molecule has 2 unspecified atom stereocenters. The average molecular weight is 383 g/mol. The number of carbonyl (C=O) groups excluding carboxylic acids is 1. The van der Waals surface area contributed by atoms with Gasteiger partial charge in [0, 0.05) is 41.9 Å². The van der Waals surface area contributed by atoms with Crippen molar-refractivity contribution < 1.29 is 4.79 Å². The van der Waals surface area contributed by atoms with E-state index in [9.17, 15) is 4.79 Å². The second kappa shape index (κ2) is 7.88. The van der Waals surface area contributed by atoms with Crippen LogP contribution in [0.3, 0.4) is 0 Å². The molecule has 0 radical (unpaired) electrons. The van der Waals surface area contributed by atoms with E-state index in [-0.39, 0.29) is 5.78 Å². The third kappa shape index (κ3) is 4.43. The van der Waals surface area contributed by atoms with Crippen LogP contribution in [0.15, 0.2) is 67.0 Å². The van der Waals surface area contributed by atoms with Crippen LogP contribution in [0.25, 0.3) is 11.4 Å². The molecule has 2 aromatic carbocycles. The Hall–Kier alpha value is -2.85. The van der Waals surface area contributed by atoms with Crippen LogP contribution in [0, 0.1) is 5.92 Å². The first kappa shape index (κ1) is 18.2. The molecule has 2 atom stereocenters. The summed E-state index contributed by atoms with van der Waals surface area (Å²) in [5, 5.41) is 3.68. The highest BCUT2D eigenvalue weighted by Crippen LogP contribution is 2.42. The maximum absolute atomic E-state index is 12.8. The van der Waals surface area contributed by atoms with Gasteiger partial charge in [0.2, 0.25) is 0 Å². The van der Waals surface area contributed by atoms with Crippen LogP contribution in [0.1, 0.15) is 46.7 Å². The van der Waals surface area contributed by atoms with Crippen LogP contribution in [0.5, 0.6) is 0 Å². The van der Waals surface area contributed by atoms with Crippen molar-refractivity contribution in [1.82, 2.24) is 15.3 Å². The number of benzene rings is 2. The Kier molecular flexibility index (Phi) is 4.94. The van der Waals surface area contributed by atoms with E-state index in [1.54, 1.807) is 18.5 Å². The second-order valence-corrected chi connectivity index (χ2v) is 8.30. The first-order valence-corrected chi connectivity index (χ1v) is 10.5. The normalized spacial score (nSPS) is 20.4. The number of hydrogen-bond acceptors (Lipinski definition) is 4. The summed E-state index contributed by atoms with van der Waals surface area (Å²) in [6.07, 6.45) is 7.83. The maximum atomic E-state index is 12.8. The van der Waals surface area contributed by atoms with Gasteiger partial charge in [-0.3, -0.25) is 4.79 Å².